The Morgan fingerprint density at radius 1 is 1.07 bits per heavy atom. The average molecular weight is 316 g/mol. The van der Waals surface area contributed by atoms with Gasteiger partial charge in [-0.3, -0.25) is 0 Å². The van der Waals surface area contributed by atoms with Crippen molar-refractivity contribution < 1.29 is 0 Å². The predicted octanol–water partition coefficient (Wildman–Crippen LogP) is 3.36. The SMILES string of the molecule is N#Cc1c(Br)nc(Br)c2c1CCCC2. The van der Waals surface area contributed by atoms with Crippen LogP contribution in [-0.4, -0.2) is 4.98 Å². The highest BCUT2D eigenvalue weighted by atomic mass is 79.9. The van der Waals surface area contributed by atoms with Gasteiger partial charge in [-0.2, -0.15) is 5.26 Å². The third-order valence-corrected chi connectivity index (χ3v) is 3.76. The molecular formula is C10H8Br2N2. The van der Waals surface area contributed by atoms with Crippen LogP contribution >= 0.6 is 31.9 Å². The maximum atomic E-state index is 9.03. The van der Waals surface area contributed by atoms with Gasteiger partial charge in [-0.15, -0.1) is 0 Å². The highest BCUT2D eigenvalue weighted by molar-refractivity contribution is 9.11. The minimum Gasteiger partial charge on any atom is -0.232 e. The number of pyridine rings is 1. The van der Waals surface area contributed by atoms with Crippen LogP contribution in [-0.2, 0) is 12.8 Å². The maximum Gasteiger partial charge on any atom is 0.125 e. The van der Waals surface area contributed by atoms with Crippen molar-refractivity contribution in [2.24, 2.45) is 0 Å². The second-order valence-electron chi connectivity index (χ2n) is 3.34. The number of hydrogen-bond acceptors (Lipinski definition) is 2. The summed E-state index contributed by atoms with van der Waals surface area (Å²) in [7, 11) is 0. The number of fused-ring (bicyclic) bond motifs is 1. The van der Waals surface area contributed by atoms with E-state index < -0.39 is 0 Å². The van der Waals surface area contributed by atoms with E-state index in [0.717, 1.165) is 17.4 Å². The third-order valence-electron chi connectivity index (χ3n) is 2.53. The summed E-state index contributed by atoms with van der Waals surface area (Å²) >= 11 is 6.77. The van der Waals surface area contributed by atoms with Crippen molar-refractivity contribution in [3.8, 4) is 6.07 Å². The monoisotopic (exact) mass is 314 g/mol. The standard InChI is InChI=1S/C10H8Br2N2/c11-9-7-4-2-1-3-6(7)8(5-13)10(12)14-9/h1-4H2. The lowest BCUT2D eigenvalue weighted by molar-refractivity contribution is 0.675. The van der Waals surface area contributed by atoms with E-state index in [1.54, 1.807) is 0 Å². The molecule has 0 fully saturated rings. The Morgan fingerprint density at radius 3 is 2.36 bits per heavy atom. The van der Waals surface area contributed by atoms with Crippen LogP contribution in [0.1, 0.15) is 29.5 Å². The Morgan fingerprint density at radius 2 is 1.71 bits per heavy atom. The number of aromatic nitrogens is 1. The molecule has 1 aromatic heterocycles. The summed E-state index contributed by atoms with van der Waals surface area (Å²) in [5, 5.41) is 9.03. The Kier molecular flexibility index (Phi) is 2.89. The molecule has 1 heterocycles. The number of nitrogens with zero attached hydrogens (tertiary/aromatic N) is 2. The van der Waals surface area contributed by atoms with Gasteiger partial charge in [0.15, 0.2) is 0 Å². The molecule has 72 valence electrons. The van der Waals surface area contributed by atoms with Crippen molar-refractivity contribution in [2.75, 3.05) is 0 Å². The van der Waals surface area contributed by atoms with Gasteiger partial charge in [0.1, 0.15) is 15.3 Å². The molecule has 0 bridgehead atoms. The van der Waals surface area contributed by atoms with Gasteiger partial charge in [-0.25, -0.2) is 4.98 Å². The minimum atomic E-state index is 0.660. The van der Waals surface area contributed by atoms with E-state index in [1.807, 2.05) is 0 Å². The Hall–Kier alpha value is -0.400. The summed E-state index contributed by atoms with van der Waals surface area (Å²) in [5.41, 5.74) is 3.10. The maximum absolute atomic E-state index is 9.03. The zero-order valence-electron chi connectivity index (χ0n) is 7.48. The molecule has 4 heteroatoms. The van der Waals surface area contributed by atoms with Crippen LogP contribution in [0.5, 0.6) is 0 Å². The second kappa shape index (κ2) is 4.00. The van der Waals surface area contributed by atoms with Gasteiger partial charge >= 0.3 is 0 Å². The average Bonchev–Trinajstić information content (AvgIpc) is 2.18. The fourth-order valence-corrected chi connectivity index (χ4v) is 3.21. The molecule has 0 spiro atoms. The molecular weight excluding hydrogens is 308 g/mol. The molecule has 0 unspecified atom stereocenters. The summed E-state index contributed by atoms with van der Waals surface area (Å²) in [6.45, 7) is 0. The smallest absolute Gasteiger partial charge is 0.125 e. The lowest BCUT2D eigenvalue weighted by atomic mass is 9.90. The molecule has 0 amide bonds. The second-order valence-corrected chi connectivity index (χ2v) is 4.85. The first kappa shape index (κ1) is 10.1. The highest BCUT2D eigenvalue weighted by Gasteiger charge is 2.19. The van der Waals surface area contributed by atoms with Crippen molar-refractivity contribution in [2.45, 2.75) is 25.7 Å². The lowest BCUT2D eigenvalue weighted by Gasteiger charge is -2.18. The topological polar surface area (TPSA) is 36.7 Å². The molecule has 2 nitrogen and oxygen atoms in total. The van der Waals surface area contributed by atoms with Crippen LogP contribution in [0.2, 0.25) is 0 Å². The molecule has 14 heavy (non-hydrogen) atoms. The number of halogens is 2. The number of hydrogen-bond donors (Lipinski definition) is 0. The molecule has 0 radical (unpaired) electrons. The van der Waals surface area contributed by atoms with Crippen molar-refractivity contribution in [3.05, 3.63) is 25.9 Å². The molecule has 0 aliphatic heterocycles. The summed E-state index contributed by atoms with van der Waals surface area (Å²) in [5.74, 6) is 0. The van der Waals surface area contributed by atoms with E-state index >= 15 is 0 Å². The van der Waals surface area contributed by atoms with Crippen LogP contribution in [0.15, 0.2) is 9.21 Å². The van der Waals surface area contributed by atoms with Crippen molar-refractivity contribution in [1.82, 2.24) is 4.98 Å². The summed E-state index contributed by atoms with van der Waals surface area (Å²) < 4.78 is 1.55. The lowest BCUT2D eigenvalue weighted by Crippen LogP contribution is -2.08. The van der Waals surface area contributed by atoms with Crippen molar-refractivity contribution >= 4 is 31.9 Å². The van der Waals surface area contributed by atoms with Gasteiger partial charge < -0.3 is 0 Å². The van der Waals surface area contributed by atoms with E-state index in [2.05, 4.69) is 42.9 Å². The quantitative estimate of drug-likeness (QED) is 0.688. The summed E-state index contributed by atoms with van der Waals surface area (Å²) in [4.78, 5) is 4.27. The molecule has 1 aliphatic rings. The van der Waals surface area contributed by atoms with Gasteiger partial charge in [0.2, 0.25) is 0 Å². The van der Waals surface area contributed by atoms with Gasteiger partial charge in [-0.05, 0) is 68.7 Å². The van der Waals surface area contributed by atoms with E-state index in [1.165, 1.54) is 24.0 Å². The van der Waals surface area contributed by atoms with E-state index in [9.17, 15) is 0 Å². The number of rotatable bonds is 0. The molecule has 0 atom stereocenters. The van der Waals surface area contributed by atoms with Gasteiger partial charge in [0, 0.05) is 0 Å². The van der Waals surface area contributed by atoms with E-state index in [0.29, 0.717) is 10.2 Å². The number of nitriles is 1. The first-order valence-electron chi connectivity index (χ1n) is 4.51. The van der Waals surface area contributed by atoms with Crippen molar-refractivity contribution in [1.29, 1.82) is 5.26 Å². The first-order valence-corrected chi connectivity index (χ1v) is 6.09. The normalized spacial score (nSPS) is 14.6. The van der Waals surface area contributed by atoms with Crippen LogP contribution < -0.4 is 0 Å². The Balaban J connectivity index is 2.69. The molecule has 2 rings (SSSR count). The largest absolute Gasteiger partial charge is 0.232 e. The van der Waals surface area contributed by atoms with Crippen LogP contribution in [0, 0.1) is 11.3 Å². The first-order chi connectivity index (χ1) is 6.74. The molecule has 1 aliphatic carbocycles. The van der Waals surface area contributed by atoms with Gasteiger partial charge in [0.25, 0.3) is 0 Å². The summed E-state index contributed by atoms with van der Waals surface area (Å²) in [6, 6.07) is 2.22. The van der Waals surface area contributed by atoms with Crippen LogP contribution in [0.3, 0.4) is 0 Å². The molecule has 0 N–H and O–H groups in total. The van der Waals surface area contributed by atoms with Gasteiger partial charge in [0.05, 0.1) is 5.56 Å². The van der Waals surface area contributed by atoms with E-state index in [-0.39, 0.29) is 0 Å². The fraction of sp³-hybridized carbons (Fsp3) is 0.400. The highest BCUT2D eigenvalue weighted by Crippen LogP contribution is 2.32. The van der Waals surface area contributed by atoms with Crippen LogP contribution in [0.4, 0.5) is 0 Å². The fourth-order valence-electron chi connectivity index (χ4n) is 1.86. The third kappa shape index (κ3) is 1.59. The Bertz CT molecular complexity index is 421. The molecule has 0 aromatic carbocycles. The zero-order chi connectivity index (χ0) is 10.1. The van der Waals surface area contributed by atoms with Crippen molar-refractivity contribution in [3.63, 3.8) is 0 Å². The van der Waals surface area contributed by atoms with Gasteiger partial charge in [-0.1, -0.05) is 0 Å². The zero-order valence-corrected chi connectivity index (χ0v) is 10.7. The molecule has 1 aromatic rings. The molecule has 0 saturated heterocycles. The van der Waals surface area contributed by atoms with Crippen LogP contribution in [0.25, 0.3) is 0 Å². The van der Waals surface area contributed by atoms with E-state index in [4.69, 9.17) is 5.26 Å². The Labute approximate surface area is 99.6 Å². The summed E-state index contributed by atoms with van der Waals surface area (Å²) in [6.07, 6.45) is 4.40. The minimum absolute atomic E-state index is 0.660. The predicted molar refractivity (Wildman–Crippen MR) is 61.0 cm³/mol. The molecule has 0 saturated carbocycles.